The molecule has 0 bridgehead atoms. The first-order valence-electron chi connectivity index (χ1n) is 12.2. The zero-order chi connectivity index (χ0) is 25.1. The molecule has 1 saturated heterocycles. The van der Waals surface area contributed by atoms with Crippen LogP contribution in [0.2, 0.25) is 0 Å². The maximum Gasteiger partial charge on any atom is 0.266 e. The molecule has 1 saturated carbocycles. The van der Waals surface area contributed by atoms with E-state index in [2.05, 4.69) is 5.32 Å². The summed E-state index contributed by atoms with van der Waals surface area (Å²) in [5.41, 5.74) is 2.74. The van der Waals surface area contributed by atoms with E-state index in [1.54, 1.807) is 20.3 Å². The highest BCUT2D eigenvalue weighted by Gasteiger charge is 2.50. The first-order chi connectivity index (χ1) is 17.6. The lowest BCUT2D eigenvalue weighted by Gasteiger charge is -2.47. The Balaban J connectivity index is 1.33. The highest BCUT2D eigenvalue weighted by molar-refractivity contribution is 5.94. The van der Waals surface area contributed by atoms with Gasteiger partial charge in [0.2, 0.25) is 12.0 Å². The maximum atomic E-state index is 13.3. The molecule has 186 valence electrons. The van der Waals surface area contributed by atoms with Crippen LogP contribution in [-0.2, 0) is 16.0 Å². The summed E-state index contributed by atoms with van der Waals surface area (Å²) >= 11 is 0. The summed E-state index contributed by atoms with van der Waals surface area (Å²) in [4.78, 5) is 27.3. The van der Waals surface area contributed by atoms with Crippen LogP contribution in [0.15, 0.2) is 72.8 Å². The minimum Gasteiger partial charge on any atom is -0.497 e. The monoisotopic (exact) mass is 486 g/mol. The Kier molecular flexibility index (Phi) is 6.80. The lowest BCUT2D eigenvalue weighted by atomic mass is 9.89. The van der Waals surface area contributed by atoms with Gasteiger partial charge in [-0.05, 0) is 66.8 Å². The number of carbonyl (C=O) groups excluding carboxylic acids is 2. The molecule has 2 atom stereocenters. The summed E-state index contributed by atoms with van der Waals surface area (Å²) in [6.45, 7) is 0.560. The van der Waals surface area contributed by atoms with Crippen LogP contribution in [0.5, 0.6) is 17.2 Å². The fourth-order valence-electron chi connectivity index (χ4n) is 4.49. The van der Waals surface area contributed by atoms with Crippen molar-refractivity contribution in [1.82, 2.24) is 4.90 Å². The van der Waals surface area contributed by atoms with Crippen LogP contribution in [0.1, 0.15) is 30.0 Å². The molecule has 2 aliphatic rings. The number of β-lactam (4-membered cyclic amide) rings is 1. The molecule has 0 aromatic heterocycles. The number of ether oxygens (including phenoxy) is 3. The molecule has 0 spiro atoms. The summed E-state index contributed by atoms with van der Waals surface area (Å²) in [5, 5.41) is 2.94. The summed E-state index contributed by atoms with van der Waals surface area (Å²) in [5.74, 6) is 2.15. The second-order valence-corrected chi connectivity index (χ2v) is 9.18. The van der Waals surface area contributed by atoms with Crippen molar-refractivity contribution < 1.29 is 23.8 Å². The molecular formula is C29H30N2O5. The van der Waals surface area contributed by atoms with Gasteiger partial charge in [0.05, 0.1) is 14.2 Å². The number of carbonyl (C=O) groups is 2. The lowest BCUT2D eigenvalue weighted by Crippen LogP contribution is -2.61. The number of likely N-dealkylation sites (tertiary alicyclic amines) is 1. The van der Waals surface area contributed by atoms with Crippen molar-refractivity contribution in [2.24, 2.45) is 5.92 Å². The predicted octanol–water partition coefficient (Wildman–Crippen LogP) is 4.63. The maximum absolute atomic E-state index is 13.3. The molecule has 0 radical (unpaired) electrons. The number of amides is 2. The van der Waals surface area contributed by atoms with Crippen molar-refractivity contribution in [2.45, 2.75) is 31.4 Å². The third-order valence-corrected chi connectivity index (χ3v) is 6.70. The van der Waals surface area contributed by atoms with E-state index in [9.17, 15) is 9.59 Å². The van der Waals surface area contributed by atoms with E-state index in [-0.39, 0.29) is 23.8 Å². The summed E-state index contributed by atoms with van der Waals surface area (Å²) in [7, 11) is 3.27. The van der Waals surface area contributed by atoms with Crippen LogP contribution in [0.25, 0.3) is 0 Å². The van der Waals surface area contributed by atoms with Crippen LogP contribution in [-0.4, -0.2) is 43.6 Å². The number of hydrogen-bond donors (Lipinski definition) is 1. The summed E-state index contributed by atoms with van der Waals surface area (Å²) in [6.07, 6.45) is 1.92. The van der Waals surface area contributed by atoms with E-state index in [1.165, 1.54) is 0 Å². The van der Waals surface area contributed by atoms with Crippen molar-refractivity contribution in [3.63, 3.8) is 0 Å². The Hall–Kier alpha value is -4.00. The molecule has 1 aliphatic heterocycles. The number of rotatable bonds is 10. The Morgan fingerprint density at radius 1 is 0.917 bits per heavy atom. The van der Waals surface area contributed by atoms with Gasteiger partial charge in [-0.2, -0.15) is 0 Å². The quantitative estimate of drug-likeness (QED) is 0.423. The van der Waals surface area contributed by atoms with E-state index in [0.29, 0.717) is 24.4 Å². The second kappa shape index (κ2) is 10.3. The van der Waals surface area contributed by atoms with Gasteiger partial charge in [-0.25, -0.2) is 0 Å². The first kappa shape index (κ1) is 23.7. The molecule has 7 heteroatoms. The number of hydrogen-bond acceptors (Lipinski definition) is 5. The van der Waals surface area contributed by atoms with E-state index in [1.807, 2.05) is 71.6 Å². The van der Waals surface area contributed by atoms with Gasteiger partial charge < -0.3 is 24.4 Å². The van der Waals surface area contributed by atoms with Crippen LogP contribution in [0.3, 0.4) is 0 Å². The minimum absolute atomic E-state index is 0.0332. The van der Waals surface area contributed by atoms with Gasteiger partial charge in [0.1, 0.15) is 23.3 Å². The van der Waals surface area contributed by atoms with Gasteiger partial charge in [-0.15, -0.1) is 0 Å². The fourth-order valence-corrected chi connectivity index (χ4v) is 4.49. The average Bonchev–Trinajstić information content (AvgIpc) is 3.76. The molecule has 0 unspecified atom stereocenters. The minimum atomic E-state index is -0.664. The zero-order valence-corrected chi connectivity index (χ0v) is 20.5. The van der Waals surface area contributed by atoms with Crippen LogP contribution in [0.4, 0.5) is 5.69 Å². The van der Waals surface area contributed by atoms with E-state index in [0.717, 1.165) is 35.5 Å². The summed E-state index contributed by atoms with van der Waals surface area (Å²) in [6, 6.07) is 22.6. The molecule has 1 N–H and O–H groups in total. The van der Waals surface area contributed by atoms with E-state index >= 15 is 0 Å². The van der Waals surface area contributed by atoms with Crippen LogP contribution < -0.4 is 19.5 Å². The van der Waals surface area contributed by atoms with Gasteiger partial charge in [0.25, 0.3) is 5.91 Å². The van der Waals surface area contributed by atoms with Crippen molar-refractivity contribution in [3.8, 4) is 17.2 Å². The van der Waals surface area contributed by atoms with Gasteiger partial charge >= 0.3 is 0 Å². The van der Waals surface area contributed by atoms with Crippen LogP contribution >= 0.6 is 0 Å². The summed E-state index contributed by atoms with van der Waals surface area (Å²) < 4.78 is 16.9. The van der Waals surface area contributed by atoms with E-state index < -0.39 is 6.10 Å². The van der Waals surface area contributed by atoms with Gasteiger partial charge in [-0.1, -0.05) is 30.3 Å². The van der Waals surface area contributed by atoms with Gasteiger partial charge in [-0.3, -0.25) is 9.59 Å². The number of methoxy groups -OCH3 is 2. The van der Waals surface area contributed by atoms with Crippen LogP contribution in [0, 0.1) is 5.92 Å². The molecule has 3 aromatic carbocycles. The number of nitrogens with zero attached hydrogens (tertiary/aromatic N) is 1. The molecule has 36 heavy (non-hydrogen) atoms. The predicted molar refractivity (Wildman–Crippen MR) is 136 cm³/mol. The SMILES string of the molecule is COc1ccc(CCN2C(=O)[C@@H](Oc3cccc(NC(=O)C4CC4)c3)[C@H]2c2cccc(OC)c2)cc1. The molecule has 3 aromatic rings. The highest BCUT2D eigenvalue weighted by atomic mass is 16.5. The average molecular weight is 487 g/mol. The smallest absolute Gasteiger partial charge is 0.266 e. The molecular weight excluding hydrogens is 456 g/mol. The molecule has 2 amide bonds. The number of anilines is 1. The van der Waals surface area contributed by atoms with Gasteiger partial charge in [0, 0.05) is 24.2 Å². The van der Waals surface area contributed by atoms with Crippen molar-refractivity contribution in [1.29, 1.82) is 0 Å². The molecule has 7 nitrogen and oxygen atoms in total. The molecule has 1 aliphatic carbocycles. The highest BCUT2D eigenvalue weighted by Crippen LogP contribution is 2.39. The Morgan fingerprint density at radius 2 is 1.64 bits per heavy atom. The molecule has 2 fully saturated rings. The Morgan fingerprint density at radius 3 is 2.36 bits per heavy atom. The normalized spacial score (nSPS) is 18.8. The Bertz CT molecular complexity index is 1240. The molecule has 1 heterocycles. The second-order valence-electron chi connectivity index (χ2n) is 9.18. The topological polar surface area (TPSA) is 77.1 Å². The number of nitrogens with one attached hydrogen (secondary N) is 1. The Labute approximate surface area is 211 Å². The largest absolute Gasteiger partial charge is 0.497 e. The zero-order valence-electron chi connectivity index (χ0n) is 20.5. The fraction of sp³-hybridized carbons (Fsp3) is 0.310. The molecule has 5 rings (SSSR count). The lowest BCUT2D eigenvalue weighted by molar-refractivity contribution is -0.164. The standard InChI is InChI=1S/C29H30N2O5/c1-34-23-13-9-19(10-14-23)15-16-31-26(21-5-3-7-24(17-21)35-2)27(29(31)33)36-25-8-4-6-22(18-25)30-28(32)20-11-12-20/h3-10,13-14,17-18,20,26-27H,11-12,15-16H2,1-2H3,(H,30,32)/t26-,27+/m1/s1. The van der Waals surface area contributed by atoms with Crippen molar-refractivity contribution >= 4 is 17.5 Å². The van der Waals surface area contributed by atoms with Gasteiger partial charge in [0.15, 0.2) is 0 Å². The first-order valence-corrected chi connectivity index (χ1v) is 12.2. The number of benzene rings is 3. The van der Waals surface area contributed by atoms with E-state index in [4.69, 9.17) is 14.2 Å². The van der Waals surface area contributed by atoms with Crippen molar-refractivity contribution in [3.05, 3.63) is 83.9 Å². The third kappa shape index (κ3) is 5.15. The third-order valence-electron chi connectivity index (χ3n) is 6.70. The van der Waals surface area contributed by atoms with Crippen molar-refractivity contribution in [2.75, 3.05) is 26.1 Å².